The molecule has 0 aliphatic heterocycles. The lowest BCUT2D eigenvalue weighted by Crippen LogP contribution is -2.54. The number of nitrogens with one attached hydrogen (secondary N) is 1. The van der Waals surface area contributed by atoms with Gasteiger partial charge in [0.1, 0.15) is 24.2 Å². The molecule has 0 saturated carbocycles. The zero-order valence-electron chi connectivity index (χ0n) is 25.5. The molecule has 0 bridgehead atoms. The number of methoxy groups -OCH3 is 1. The molecule has 4 aromatic carbocycles. The summed E-state index contributed by atoms with van der Waals surface area (Å²) in [7, 11) is -2.93. The Labute approximate surface area is 278 Å². The maximum absolute atomic E-state index is 14.5. The summed E-state index contributed by atoms with van der Waals surface area (Å²) in [5.74, 6) is -1.30. The first kappa shape index (κ1) is 34.7. The fraction of sp³-hybridized carbons (Fsp3) is 0.235. The minimum Gasteiger partial charge on any atom is -0.497 e. The van der Waals surface area contributed by atoms with Crippen molar-refractivity contribution in [1.82, 2.24) is 10.2 Å². The van der Waals surface area contributed by atoms with Crippen molar-refractivity contribution < 1.29 is 27.1 Å². The zero-order chi connectivity index (χ0) is 33.4. The van der Waals surface area contributed by atoms with Gasteiger partial charge in [0.25, 0.3) is 10.0 Å². The molecule has 46 heavy (non-hydrogen) atoms. The van der Waals surface area contributed by atoms with E-state index in [1.807, 2.05) is 30.3 Å². The fourth-order valence-corrected chi connectivity index (χ4v) is 6.73. The average molecular weight is 687 g/mol. The number of sulfonamides is 1. The summed E-state index contributed by atoms with van der Waals surface area (Å²) in [4.78, 5) is 29.4. The Hall–Kier alpha value is -4.12. The number of anilines is 1. The van der Waals surface area contributed by atoms with Gasteiger partial charge in [-0.25, -0.2) is 12.8 Å². The van der Waals surface area contributed by atoms with Crippen LogP contribution in [0.5, 0.6) is 5.75 Å². The first-order valence-electron chi connectivity index (χ1n) is 14.4. The van der Waals surface area contributed by atoms with Gasteiger partial charge in [0, 0.05) is 34.6 Å². The van der Waals surface area contributed by atoms with E-state index in [1.165, 1.54) is 48.4 Å². The SMILES string of the molecule is COc1ccc(S(=O)(=O)N(CC(=O)N(Cc2c(Cl)cccc2Cl)C(Cc2ccccc2)C(=O)NC(C)C)c2ccc(F)cc2)cc1. The number of hydrogen-bond acceptors (Lipinski definition) is 5. The van der Waals surface area contributed by atoms with Crippen LogP contribution in [0.3, 0.4) is 0 Å². The van der Waals surface area contributed by atoms with Crippen LogP contribution in [0.25, 0.3) is 0 Å². The third-order valence-corrected chi connectivity index (χ3v) is 9.63. The topological polar surface area (TPSA) is 96.0 Å². The number of hydrogen-bond donors (Lipinski definition) is 1. The summed E-state index contributed by atoms with van der Waals surface area (Å²) >= 11 is 13.1. The van der Waals surface area contributed by atoms with E-state index in [0.717, 1.165) is 22.0 Å². The maximum Gasteiger partial charge on any atom is 0.264 e. The molecule has 0 aromatic heterocycles. The minimum absolute atomic E-state index is 0.0486. The fourth-order valence-electron chi connectivity index (χ4n) is 4.80. The van der Waals surface area contributed by atoms with Crippen molar-refractivity contribution in [2.24, 2.45) is 0 Å². The number of ether oxygens (including phenoxy) is 1. The molecule has 4 rings (SSSR count). The number of carbonyl (C=O) groups is 2. The van der Waals surface area contributed by atoms with Gasteiger partial charge in [-0.3, -0.25) is 13.9 Å². The van der Waals surface area contributed by atoms with E-state index >= 15 is 0 Å². The van der Waals surface area contributed by atoms with Crippen LogP contribution in [0.15, 0.2) is 102 Å². The summed E-state index contributed by atoms with van der Waals surface area (Å²) < 4.78 is 48.2. The van der Waals surface area contributed by atoms with Crippen molar-refractivity contribution in [2.45, 2.75) is 43.8 Å². The molecule has 1 unspecified atom stereocenters. The lowest BCUT2D eigenvalue weighted by Gasteiger charge is -2.34. The molecule has 1 N–H and O–H groups in total. The number of halogens is 3. The third-order valence-electron chi connectivity index (χ3n) is 7.13. The van der Waals surface area contributed by atoms with Crippen LogP contribution >= 0.6 is 23.2 Å². The van der Waals surface area contributed by atoms with Crippen LogP contribution in [-0.4, -0.2) is 50.9 Å². The van der Waals surface area contributed by atoms with Gasteiger partial charge in [0.2, 0.25) is 11.8 Å². The minimum atomic E-state index is -4.38. The summed E-state index contributed by atoms with van der Waals surface area (Å²) in [6, 6.07) is 23.1. The largest absolute Gasteiger partial charge is 0.497 e. The second-order valence-corrected chi connectivity index (χ2v) is 13.4. The molecule has 0 fully saturated rings. The Morgan fingerprint density at radius 1 is 0.870 bits per heavy atom. The molecule has 0 saturated heterocycles. The summed E-state index contributed by atoms with van der Waals surface area (Å²) in [6.45, 7) is 2.68. The van der Waals surface area contributed by atoms with Crippen molar-refractivity contribution in [3.63, 3.8) is 0 Å². The van der Waals surface area contributed by atoms with E-state index in [0.29, 0.717) is 11.3 Å². The summed E-state index contributed by atoms with van der Waals surface area (Å²) in [6.07, 6.45) is 0.120. The number of amides is 2. The number of carbonyl (C=O) groups excluding carboxylic acids is 2. The van der Waals surface area contributed by atoms with Crippen LogP contribution in [0.2, 0.25) is 10.0 Å². The lowest BCUT2D eigenvalue weighted by molar-refractivity contribution is -0.140. The second kappa shape index (κ2) is 15.4. The van der Waals surface area contributed by atoms with E-state index < -0.39 is 40.2 Å². The molecule has 0 aliphatic rings. The zero-order valence-corrected chi connectivity index (χ0v) is 27.8. The van der Waals surface area contributed by atoms with E-state index in [1.54, 1.807) is 32.0 Å². The highest BCUT2D eigenvalue weighted by Gasteiger charge is 2.35. The third kappa shape index (κ3) is 8.57. The van der Waals surface area contributed by atoms with Crippen LogP contribution < -0.4 is 14.4 Å². The molecule has 1 atom stereocenters. The van der Waals surface area contributed by atoms with Crippen LogP contribution in [0, 0.1) is 5.82 Å². The smallest absolute Gasteiger partial charge is 0.264 e. The highest BCUT2D eigenvalue weighted by atomic mass is 35.5. The molecule has 0 heterocycles. The molecular weight excluding hydrogens is 652 g/mol. The van der Waals surface area contributed by atoms with Crippen LogP contribution in [0.4, 0.5) is 10.1 Å². The van der Waals surface area contributed by atoms with Gasteiger partial charge in [0.05, 0.1) is 17.7 Å². The Bertz CT molecular complexity index is 1740. The first-order valence-corrected chi connectivity index (χ1v) is 16.6. The van der Waals surface area contributed by atoms with Crippen molar-refractivity contribution >= 4 is 50.7 Å². The van der Waals surface area contributed by atoms with Gasteiger partial charge < -0.3 is 15.0 Å². The highest BCUT2D eigenvalue weighted by Crippen LogP contribution is 2.29. The lowest BCUT2D eigenvalue weighted by atomic mass is 10.0. The molecule has 0 spiro atoms. The van der Waals surface area contributed by atoms with Crippen molar-refractivity contribution in [1.29, 1.82) is 0 Å². The first-order chi connectivity index (χ1) is 21.9. The molecule has 2 amide bonds. The van der Waals surface area contributed by atoms with Gasteiger partial charge >= 0.3 is 0 Å². The summed E-state index contributed by atoms with van der Waals surface area (Å²) in [5, 5.41) is 3.43. The number of benzene rings is 4. The van der Waals surface area contributed by atoms with E-state index in [2.05, 4.69) is 5.32 Å². The van der Waals surface area contributed by atoms with Gasteiger partial charge in [-0.2, -0.15) is 0 Å². The second-order valence-electron chi connectivity index (χ2n) is 10.8. The normalized spacial score (nSPS) is 12.0. The maximum atomic E-state index is 14.5. The standard InChI is InChI=1S/C34H34Cl2FN3O5S/c1-23(2)38-34(42)32(20-24-8-5-4-6-9-24)39(21-29-30(35)10-7-11-31(29)36)33(41)22-40(26-14-12-25(37)13-15-26)46(43,44)28-18-16-27(45-3)17-19-28/h4-19,23,32H,20-22H2,1-3H3,(H,38,42). The quantitative estimate of drug-likeness (QED) is 0.173. The molecule has 12 heteroatoms. The van der Waals surface area contributed by atoms with Gasteiger partial charge in [-0.1, -0.05) is 59.6 Å². The Balaban J connectivity index is 1.83. The Morgan fingerprint density at radius 2 is 1.48 bits per heavy atom. The highest BCUT2D eigenvalue weighted by molar-refractivity contribution is 7.92. The van der Waals surface area contributed by atoms with E-state index in [-0.39, 0.29) is 39.6 Å². The molecule has 0 radical (unpaired) electrons. The molecule has 0 aliphatic carbocycles. The predicted octanol–water partition coefficient (Wildman–Crippen LogP) is 6.50. The predicted molar refractivity (Wildman–Crippen MR) is 178 cm³/mol. The van der Waals surface area contributed by atoms with E-state index in [4.69, 9.17) is 27.9 Å². The molecule has 4 aromatic rings. The van der Waals surface area contributed by atoms with Crippen molar-refractivity contribution in [3.05, 3.63) is 124 Å². The van der Waals surface area contributed by atoms with Gasteiger partial charge in [0.15, 0.2) is 0 Å². The number of rotatable bonds is 13. The molecule has 242 valence electrons. The average Bonchev–Trinajstić information content (AvgIpc) is 3.03. The molecule has 8 nitrogen and oxygen atoms in total. The Kier molecular flexibility index (Phi) is 11.7. The Morgan fingerprint density at radius 3 is 2.04 bits per heavy atom. The van der Waals surface area contributed by atoms with Crippen LogP contribution in [-0.2, 0) is 32.6 Å². The van der Waals surface area contributed by atoms with Crippen molar-refractivity contribution in [2.75, 3.05) is 18.0 Å². The van der Waals surface area contributed by atoms with Crippen LogP contribution in [0.1, 0.15) is 25.0 Å². The molecular formula is C34H34Cl2FN3O5S. The van der Waals surface area contributed by atoms with Gasteiger partial charge in [-0.05, 0) is 80.1 Å². The number of nitrogens with zero attached hydrogens (tertiary/aromatic N) is 2. The van der Waals surface area contributed by atoms with Gasteiger partial charge in [-0.15, -0.1) is 0 Å². The monoisotopic (exact) mass is 685 g/mol. The summed E-state index contributed by atoms with van der Waals surface area (Å²) in [5.41, 5.74) is 1.21. The van der Waals surface area contributed by atoms with Crippen molar-refractivity contribution in [3.8, 4) is 5.75 Å². The van der Waals surface area contributed by atoms with E-state index in [9.17, 15) is 22.4 Å².